The maximum Gasteiger partial charge on any atom is 0.230 e. The number of nitrogens with one attached hydrogen (secondary N) is 2. The van der Waals surface area contributed by atoms with Gasteiger partial charge in [-0.05, 0) is 49.2 Å². The Morgan fingerprint density at radius 2 is 2.12 bits per heavy atom. The zero-order valence-electron chi connectivity index (χ0n) is 13.4. The molecule has 0 fully saturated rings. The van der Waals surface area contributed by atoms with E-state index in [2.05, 4.69) is 26.7 Å². The lowest BCUT2D eigenvalue weighted by Crippen LogP contribution is -2.14. The minimum atomic E-state index is -0.135. The molecule has 0 spiro atoms. The molecule has 6 heteroatoms. The Labute approximate surface area is 137 Å². The van der Waals surface area contributed by atoms with Crippen molar-refractivity contribution in [3.05, 3.63) is 53.3 Å². The van der Waals surface area contributed by atoms with Crippen molar-refractivity contribution < 1.29 is 9.32 Å². The molecule has 1 amide bonds. The smallest absolute Gasteiger partial charge is 0.230 e. The Kier molecular flexibility index (Phi) is 3.30. The molecule has 4 rings (SSSR count). The summed E-state index contributed by atoms with van der Waals surface area (Å²) in [4.78, 5) is 12.4. The van der Waals surface area contributed by atoms with Crippen molar-refractivity contribution in [2.75, 3.05) is 5.32 Å². The molecule has 0 aliphatic heterocycles. The fraction of sp³-hybridized carbons (Fsp3) is 0.167. The van der Waals surface area contributed by atoms with Gasteiger partial charge in [-0.1, -0.05) is 11.2 Å². The third-order valence-electron chi connectivity index (χ3n) is 4.04. The molecule has 0 aliphatic rings. The highest BCUT2D eigenvalue weighted by Gasteiger charge is 2.15. The van der Waals surface area contributed by atoms with Crippen LogP contribution in [0.2, 0.25) is 0 Å². The molecule has 6 nitrogen and oxygen atoms in total. The van der Waals surface area contributed by atoms with E-state index in [0.29, 0.717) is 11.3 Å². The molecular formula is C18H16N4O2. The molecular weight excluding hydrogens is 304 g/mol. The molecule has 0 saturated carbocycles. The highest BCUT2D eigenvalue weighted by atomic mass is 16.5. The van der Waals surface area contributed by atoms with E-state index in [4.69, 9.17) is 4.52 Å². The van der Waals surface area contributed by atoms with Gasteiger partial charge < -0.3 is 9.84 Å². The molecule has 120 valence electrons. The van der Waals surface area contributed by atoms with Gasteiger partial charge in [0.25, 0.3) is 0 Å². The lowest BCUT2D eigenvalue weighted by Gasteiger charge is -2.05. The van der Waals surface area contributed by atoms with Gasteiger partial charge in [0, 0.05) is 16.5 Å². The van der Waals surface area contributed by atoms with E-state index >= 15 is 0 Å². The largest absolute Gasteiger partial charge is 0.356 e. The van der Waals surface area contributed by atoms with E-state index < -0.39 is 0 Å². The fourth-order valence-corrected chi connectivity index (χ4v) is 3.01. The van der Waals surface area contributed by atoms with Gasteiger partial charge in [-0.15, -0.1) is 0 Å². The average Bonchev–Trinajstić information content (AvgIpc) is 3.13. The lowest BCUT2D eigenvalue weighted by atomic mass is 10.0. The lowest BCUT2D eigenvalue weighted by molar-refractivity contribution is -0.115. The summed E-state index contributed by atoms with van der Waals surface area (Å²) < 4.78 is 5.37. The Hall–Kier alpha value is -3.15. The van der Waals surface area contributed by atoms with Crippen LogP contribution in [0.15, 0.2) is 41.1 Å². The highest BCUT2D eigenvalue weighted by molar-refractivity contribution is 5.96. The van der Waals surface area contributed by atoms with Crippen LogP contribution in [0.1, 0.15) is 16.8 Å². The topological polar surface area (TPSA) is 83.8 Å². The minimum absolute atomic E-state index is 0.135. The summed E-state index contributed by atoms with van der Waals surface area (Å²) in [5, 5.41) is 15.7. The first-order chi connectivity index (χ1) is 11.6. The number of fused-ring (bicyclic) bond motifs is 2. The second-order valence-corrected chi connectivity index (χ2v) is 5.98. The van der Waals surface area contributed by atoms with Gasteiger partial charge in [-0.2, -0.15) is 5.10 Å². The number of carbonyl (C=O) groups excluding carboxylic acids is 1. The zero-order chi connectivity index (χ0) is 16.7. The standard InChI is InChI=1S/C18H16N4O2/c1-10-5-11(2)18-15(22-24-16(18)6-10)8-17(23)20-13-4-3-12-9-19-21-14(12)7-13/h3-7,9H,8H2,1-2H3,(H,19,21)(H,20,23). The Balaban J connectivity index is 1.57. The van der Waals surface area contributed by atoms with E-state index in [0.717, 1.165) is 33.1 Å². The molecule has 0 saturated heterocycles. The molecule has 0 atom stereocenters. The second kappa shape index (κ2) is 5.49. The Morgan fingerprint density at radius 1 is 1.25 bits per heavy atom. The number of hydrogen-bond acceptors (Lipinski definition) is 4. The minimum Gasteiger partial charge on any atom is -0.356 e. The number of hydrogen-bond donors (Lipinski definition) is 2. The van der Waals surface area contributed by atoms with Gasteiger partial charge in [-0.3, -0.25) is 9.89 Å². The highest BCUT2D eigenvalue weighted by Crippen LogP contribution is 2.25. The number of rotatable bonds is 3. The fourth-order valence-electron chi connectivity index (χ4n) is 3.01. The van der Waals surface area contributed by atoms with Gasteiger partial charge in [0.05, 0.1) is 18.1 Å². The maximum absolute atomic E-state index is 12.4. The maximum atomic E-state index is 12.4. The van der Waals surface area contributed by atoms with Gasteiger partial charge in [-0.25, -0.2) is 0 Å². The van der Waals surface area contributed by atoms with Gasteiger partial charge >= 0.3 is 0 Å². The number of amides is 1. The Bertz CT molecular complexity index is 1060. The first kappa shape index (κ1) is 14.4. The predicted octanol–water partition coefficient (Wildman–Crippen LogP) is 3.50. The summed E-state index contributed by atoms with van der Waals surface area (Å²) in [6, 6.07) is 9.61. The first-order valence-electron chi connectivity index (χ1n) is 7.68. The van der Waals surface area contributed by atoms with Crippen LogP contribution in [0.3, 0.4) is 0 Å². The molecule has 0 radical (unpaired) electrons. The third kappa shape index (κ3) is 2.52. The summed E-state index contributed by atoms with van der Waals surface area (Å²) >= 11 is 0. The third-order valence-corrected chi connectivity index (χ3v) is 4.04. The summed E-state index contributed by atoms with van der Waals surface area (Å²) in [6.07, 6.45) is 1.91. The monoisotopic (exact) mass is 320 g/mol. The SMILES string of the molecule is Cc1cc(C)c2c(CC(=O)Nc3ccc4cn[nH]c4c3)noc2c1. The average molecular weight is 320 g/mol. The number of nitrogens with zero attached hydrogens (tertiary/aromatic N) is 2. The number of carbonyl (C=O) groups is 1. The van der Waals surface area contributed by atoms with E-state index in [1.54, 1.807) is 6.20 Å². The molecule has 0 bridgehead atoms. The van der Waals surface area contributed by atoms with Crippen LogP contribution in [0, 0.1) is 13.8 Å². The van der Waals surface area contributed by atoms with Crippen molar-refractivity contribution in [1.29, 1.82) is 0 Å². The molecule has 2 heterocycles. The first-order valence-corrected chi connectivity index (χ1v) is 7.68. The van der Waals surface area contributed by atoms with E-state index in [1.165, 1.54) is 0 Å². The molecule has 2 aromatic heterocycles. The second-order valence-electron chi connectivity index (χ2n) is 5.98. The van der Waals surface area contributed by atoms with Crippen LogP contribution in [-0.4, -0.2) is 21.3 Å². The van der Waals surface area contributed by atoms with E-state index in [-0.39, 0.29) is 12.3 Å². The number of aromatic nitrogens is 3. The predicted molar refractivity (Wildman–Crippen MR) is 91.9 cm³/mol. The van der Waals surface area contributed by atoms with Crippen molar-refractivity contribution in [2.24, 2.45) is 0 Å². The number of benzene rings is 2. The Morgan fingerprint density at radius 3 is 3.00 bits per heavy atom. The van der Waals surface area contributed by atoms with Crippen LogP contribution >= 0.6 is 0 Å². The number of aromatic amines is 1. The van der Waals surface area contributed by atoms with Crippen LogP contribution in [0.5, 0.6) is 0 Å². The summed E-state index contributed by atoms with van der Waals surface area (Å²) in [5.41, 5.74) is 5.15. The molecule has 0 unspecified atom stereocenters. The van der Waals surface area contributed by atoms with Gasteiger partial charge in [0.15, 0.2) is 5.58 Å². The van der Waals surface area contributed by atoms with E-state index in [9.17, 15) is 4.79 Å². The van der Waals surface area contributed by atoms with Crippen molar-refractivity contribution in [3.63, 3.8) is 0 Å². The normalized spacial score (nSPS) is 11.2. The van der Waals surface area contributed by atoms with Crippen molar-refractivity contribution >= 4 is 33.5 Å². The molecule has 4 aromatic rings. The van der Waals surface area contributed by atoms with Crippen LogP contribution in [-0.2, 0) is 11.2 Å². The van der Waals surface area contributed by atoms with Crippen molar-refractivity contribution in [2.45, 2.75) is 20.3 Å². The van der Waals surface area contributed by atoms with Gasteiger partial charge in [0.2, 0.25) is 5.91 Å². The molecule has 0 aliphatic carbocycles. The number of H-pyrrole nitrogens is 1. The van der Waals surface area contributed by atoms with Crippen LogP contribution in [0.25, 0.3) is 21.9 Å². The van der Waals surface area contributed by atoms with Crippen molar-refractivity contribution in [1.82, 2.24) is 15.4 Å². The van der Waals surface area contributed by atoms with Crippen LogP contribution < -0.4 is 5.32 Å². The summed E-state index contributed by atoms with van der Waals surface area (Å²) in [6.45, 7) is 4.01. The molecule has 2 aromatic carbocycles. The zero-order valence-corrected chi connectivity index (χ0v) is 13.4. The summed E-state index contributed by atoms with van der Waals surface area (Å²) in [5.74, 6) is -0.135. The number of aryl methyl sites for hydroxylation is 2. The quantitative estimate of drug-likeness (QED) is 0.605. The summed E-state index contributed by atoms with van der Waals surface area (Å²) in [7, 11) is 0. The van der Waals surface area contributed by atoms with Crippen molar-refractivity contribution in [3.8, 4) is 0 Å². The molecule has 2 N–H and O–H groups in total. The molecule has 24 heavy (non-hydrogen) atoms. The van der Waals surface area contributed by atoms with Crippen LogP contribution in [0.4, 0.5) is 5.69 Å². The van der Waals surface area contributed by atoms with Gasteiger partial charge in [0.1, 0.15) is 5.69 Å². The van der Waals surface area contributed by atoms with E-state index in [1.807, 2.05) is 38.1 Å². The number of anilines is 1.